The number of nitrogens with one attached hydrogen (secondary N) is 1. The lowest BCUT2D eigenvalue weighted by Crippen LogP contribution is -2.51. The van der Waals surface area contributed by atoms with E-state index >= 15 is 0 Å². The fourth-order valence-electron chi connectivity index (χ4n) is 3.97. The summed E-state index contributed by atoms with van der Waals surface area (Å²) in [6.07, 6.45) is 0.710. The van der Waals surface area contributed by atoms with E-state index in [1.807, 2.05) is 30.3 Å². The lowest BCUT2D eigenvalue weighted by atomic mass is 9.99. The van der Waals surface area contributed by atoms with Crippen LogP contribution in [0.2, 0.25) is 5.02 Å². The Kier molecular flexibility index (Phi) is 6.06. The average Bonchev–Trinajstić information content (AvgIpc) is 3.16. The number of nitrogens with zero attached hydrogens (tertiary/aromatic N) is 2. The SMILES string of the molecule is O=C(NS(=O)(=O)c1ccc(Cl)cc1)N1CCC(N2C(=O)OCC2c2ccccc2)CC1. The number of halogens is 1. The highest BCUT2D eigenvalue weighted by Crippen LogP contribution is 2.33. The van der Waals surface area contributed by atoms with Gasteiger partial charge in [0.1, 0.15) is 6.61 Å². The summed E-state index contributed by atoms with van der Waals surface area (Å²) in [6.45, 7) is 0.957. The standard InChI is InChI=1S/C21H22ClN3O5S/c22-16-6-8-18(9-7-16)31(28,29)23-20(26)24-12-10-17(11-13-24)25-19(14-30-21(25)27)15-4-2-1-3-5-15/h1-9,17,19H,10-14H2,(H,23,26). The number of piperidine rings is 1. The maximum Gasteiger partial charge on any atom is 0.410 e. The van der Waals surface area contributed by atoms with Crippen molar-refractivity contribution >= 4 is 33.7 Å². The summed E-state index contributed by atoms with van der Waals surface area (Å²) < 4.78 is 32.3. The summed E-state index contributed by atoms with van der Waals surface area (Å²) in [4.78, 5) is 28.1. The zero-order valence-electron chi connectivity index (χ0n) is 16.6. The Morgan fingerprint density at radius 2 is 1.68 bits per heavy atom. The fraction of sp³-hybridized carbons (Fsp3) is 0.333. The molecule has 2 aromatic carbocycles. The minimum atomic E-state index is -3.99. The molecule has 0 radical (unpaired) electrons. The van der Waals surface area contributed by atoms with Gasteiger partial charge in [0.2, 0.25) is 0 Å². The molecule has 2 aliphatic heterocycles. The molecule has 2 saturated heterocycles. The van der Waals surface area contributed by atoms with Gasteiger partial charge in [-0.1, -0.05) is 41.9 Å². The number of ether oxygens (including phenoxy) is 1. The Morgan fingerprint density at radius 1 is 1.03 bits per heavy atom. The number of amides is 3. The maximum atomic E-state index is 12.5. The summed E-state index contributed by atoms with van der Waals surface area (Å²) in [6, 6.07) is 14.3. The number of benzene rings is 2. The molecule has 0 spiro atoms. The van der Waals surface area contributed by atoms with Crippen LogP contribution in [0.1, 0.15) is 24.4 Å². The van der Waals surface area contributed by atoms with E-state index in [-0.39, 0.29) is 23.1 Å². The molecule has 2 aromatic rings. The second kappa shape index (κ2) is 8.76. The minimum absolute atomic E-state index is 0.0364. The van der Waals surface area contributed by atoms with Gasteiger partial charge in [0, 0.05) is 24.2 Å². The van der Waals surface area contributed by atoms with Gasteiger partial charge in [0.25, 0.3) is 10.0 Å². The predicted molar refractivity (Wildman–Crippen MR) is 114 cm³/mol. The Balaban J connectivity index is 1.38. The average molecular weight is 464 g/mol. The number of urea groups is 1. The van der Waals surface area contributed by atoms with Gasteiger partial charge in [-0.15, -0.1) is 0 Å². The third-order valence-electron chi connectivity index (χ3n) is 5.59. The number of sulfonamides is 1. The van der Waals surface area contributed by atoms with Crippen molar-refractivity contribution in [1.29, 1.82) is 0 Å². The first-order valence-corrected chi connectivity index (χ1v) is 11.8. The first-order valence-electron chi connectivity index (χ1n) is 9.92. The van der Waals surface area contributed by atoms with Gasteiger partial charge in [0.05, 0.1) is 10.9 Å². The summed E-state index contributed by atoms with van der Waals surface area (Å²) in [5.74, 6) is 0. The number of hydrogen-bond donors (Lipinski definition) is 1. The maximum absolute atomic E-state index is 12.5. The van der Waals surface area contributed by atoms with Crippen LogP contribution in [0.5, 0.6) is 0 Å². The zero-order chi connectivity index (χ0) is 22.0. The third-order valence-corrected chi connectivity index (χ3v) is 7.17. The molecule has 8 nitrogen and oxygen atoms in total. The molecule has 2 aliphatic rings. The van der Waals surface area contributed by atoms with Crippen molar-refractivity contribution in [3.8, 4) is 0 Å². The summed E-state index contributed by atoms with van der Waals surface area (Å²) >= 11 is 5.79. The van der Waals surface area contributed by atoms with Gasteiger partial charge in [-0.25, -0.2) is 22.7 Å². The van der Waals surface area contributed by atoms with Crippen LogP contribution in [0.4, 0.5) is 9.59 Å². The third kappa shape index (κ3) is 4.62. The quantitative estimate of drug-likeness (QED) is 0.749. The van der Waals surface area contributed by atoms with Crippen molar-refractivity contribution in [2.75, 3.05) is 19.7 Å². The molecule has 1 unspecified atom stereocenters. The van der Waals surface area contributed by atoms with Gasteiger partial charge >= 0.3 is 12.1 Å². The largest absolute Gasteiger partial charge is 0.447 e. The molecule has 10 heteroatoms. The van der Waals surface area contributed by atoms with Gasteiger partial charge in [-0.2, -0.15) is 0 Å². The summed E-state index contributed by atoms with van der Waals surface area (Å²) in [7, 11) is -3.99. The number of cyclic esters (lactones) is 1. The second-order valence-corrected chi connectivity index (χ2v) is 9.61. The van der Waals surface area contributed by atoms with Crippen molar-refractivity contribution in [2.45, 2.75) is 29.8 Å². The lowest BCUT2D eigenvalue weighted by Gasteiger charge is -2.37. The highest BCUT2D eigenvalue weighted by Gasteiger charge is 2.40. The highest BCUT2D eigenvalue weighted by atomic mass is 35.5. The van der Waals surface area contributed by atoms with Crippen LogP contribution >= 0.6 is 11.6 Å². The summed E-state index contributed by atoms with van der Waals surface area (Å²) in [5.41, 5.74) is 1.00. The van der Waals surface area contributed by atoms with Crippen LogP contribution in [0.25, 0.3) is 0 Å². The van der Waals surface area contributed by atoms with Crippen molar-refractivity contribution in [2.24, 2.45) is 0 Å². The number of carbonyl (C=O) groups is 2. The van der Waals surface area contributed by atoms with Crippen LogP contribution in [0.15, 0.2) is 59.5 Å². The first kappa shape index (κ1) is 21.5. The first-order chi connectivity index (χ1) is 14.8. The zero-order valence-corrected chi connectivity index (χ0v) is 18.2. The molecular formula is C21H22ClN3O5S. The summed E-state index contributed by atoms with van der Waals surface area (Å²) in [5, 5.41) is 0.404. The smallest absolute Gasteiger partial charge is 0.410 e. The molecule has 0 aliphatic carbocycles. The highest BCUT2D eigenvalue weighted by molar-refractivity contribution is 7.90. The van der Waals surface area contributed by atoms with Crippen molar-refractivity contribution in [1.82, 2.24) is 14.5 Å². The van der Waals surface area contributed by atoms with Crippen LogP contribution in [0.3, 0.4) is 0 Å². The minimum Gasteiger partial charge on any atom is -0.447 e. The predicted octanol–water partition coefficient (Wildman–Crippen LogP) is 3.40. The Morgan fingerprint density at radius 3 is 2.32 bits per heavy atom. The van der Waals surface area contributed by atoms with Gasteiger partial charge in [-0.05, 0) is 42.7 Å². The second-order valence-electron chi connectivity index (χ2n) is 7.49. The van der Waals surface area contributed by atoms with E-state index < -0.39 is 16.1 Å². The van der Waals surface area contributed by atoms with Crippen molar-refractivity contribution in [3.05, 3.63) is 65.2 Å². The normalized spacial score (nSPS) is 19.9. The van der Waals surface area contributed by atoms with Crippen LogP contribution < -0.4 is 4.72 Å². The van der Waals surface area contributed by atoms with E-state index in [9.17, 15) is 18.0 Å². The van der Waals surface area contributed by atoms with E-state index in [0.717, 1.165) is 5.56 Å². The number of likely N-dealkylation sites (tertiary alicyclic amines) is 1. The number of carbonyl (C=O) groups excluding carboxylic acids is 2. The van der Waals surface area contributed by atoms with E-state index in [2.05, 4.69) is 4.72 Å². The van der Waals surface area contributed by atoms with E-state index in [4.69, 9.17) is 16.3 Å². The molecule has 1 N–H and O–H groups in total. The molecule has 3 amide bonds. The molecule has 2 fully saturated rings. The van der Waals surface area contributed by atoms with E-state index in [0.29, 0.717) is 37.6 Å². The van der Waals surface area contributed by atoms with Gasteiger partial charge < -0.3 is 9.64 Å². The van der Waals surface area contributed by atoms with Crippen LogP contribution in [-0.2, 0) is 14.8 Å². The van der Waals surface area contributed by atoms with Crippen LogP contribution in [-0.4, -0.2) is 56.1 Å². The molecule has 2 heterocycles. The topological polar surface area (TPSA) is 96.0 Å². The van der Waals surface area contributed by atoms with E-state index in [1.54, 1.807) is 4.90 Å². The number of hydrogen-bond acceptors (Lipinski definition) is 5. The van der Waals surface area contributed by atoms with E-state index in [1.165, 1.54) is 29.2 Å². The fourth-order valence-corrected chi connectivity index (χ4v) is 5.06. The lowest BCUT2D eigenvalue weighted by molar-refractivity contribution is 0.114. The van der Waals surface area contributed by atoms with Gasteiger partial charge in [0.15, 0.2) is 0 Å². The monoisotopic (exact) mass is 463 g/mol. The molecule has 0 saturated carbocycles. The molecule has 164 valence electrons. The van der Waals surface area contributed by atoms with Crippen molar-refractivity contribution < 1.29 is 22.7 Å². The Bertz CT molecular complexity index is 1050. The van der Waals surface area contributed by atoms with Crippen molar-refractivity contribution in [3.63, 3.8) is 0 Å². The van der Waals surface area contributed by atoms with Gasteiger partial charge in [-0.3, -0.25) is 4.90 Å². The Labute approximate surface area is 185 Å². The number of rotatable bonds is 4. The Hall–Kier alpha value is -2.78. The molecule has 4 rings (SSSR count). The molecule has 31 heavy (non-hydrogen) atoms. The molecular weight excluding hydrogens is 442 g/mol. The molecule has 0 bridgehead atoms. The molecule has 0 aromatic heterocycles. The molecule has 1 atom stereocenters. The van der Waals surface area contributed by atoms with Crippen LogP contribution in [0, 0.1) is 0 Å².